The second-order valence-electron chi connectivity index (χ2n) is 7.76. The molecule has 176 valence electrons. The molecule has 1 aliphatic rings. The van der Waals surface area contributed by atoms with E-state index in [0.717, 1.165) is 5.56 Å². The van der Waals surface area contributed by atoms with Crippen LogP contribution in [0.15, 0.2) is 36.7 Å². The summed E-state index contributed by atoms with van der Waals surface area (Å²) in [5.74, 6) is 1.66. The smallest absolute Gasteiger partial charge is 0.239 e. The van der Waals surface area contributed by atoms with Crippen LogP contribution in [0.5, 0.6) is 11.5 Å². The number of rotatable bonds is 8. The van der Waals surface area contributed by atoms with E-state index in [4.69, 9.17) is 14.2 Å². The lowest BCUT2D eigenvalue weighted by atomic mass is 10.1. The van der Waals surface area contributed by atoms with E-state index in [0.29, 0.717) is 29.8 Å². The molecule has 1 N–H and O–H groups in total. The van der Waals surface area contributed by atoms with Gasteiger partial charge in [-0.1, -0.05) is 19.1 Å². The van der Waals surface area contributed by atoms with Crippen LogP contribution in [-0.2, 0) is 14.8 Å². The van der Waals surface area contributed by atoms with E-state index in [1.807, 2.05) is 24.3 Å². The molecule has 0 bridgehead atoms. The minimum absolute atomic E-state index is 0.0991. The Hall–Kier alpha value is -3.25. The quantitative estimate of drug-likeness (QED) is 0.522. The molecule has 3 heterocycles. The molecule has 1 aliphatic heterocycles. The van der Waals surface area contributed by atoms with E-state index in [-0.39, 0.29) is 18.6 Å². The van der Waals surface area contributed by atoms with Gasteiger partial charge in [-0.3, -0.25) is 9.29 Å². The van der Waals surface area contributed by atoms with Crippen LogP contribution in [0.4, 0.5) is 5.95 Å². The zero-order valence-electron chi connectivity index (χ0n) is 18.8. The number of nitrogens with zero attached hydrogens (tertiary/aromatic N) is 5. The lowest BCUT2D eigenvalue weighted by molar-refractivity contribution is 0.126. The third-order valence-electron chi connectivity index (χ3n) is 5.70. The Morgan fingerprint density at radius 1 is 1.18 bits per heavy atom. The summed E-state index contributed by atoms with van der Waals surface area (Å²) in [5.41, 5.74) is 0.724. The van der Waals surface area contributed by atoms with Crippen LogP contribution in [-0.4, -0.2) is 65.8 Å². The van der Waals surface area contributed by atoms with E-state index >= 15 is 0 Å². The van der Waals surface area contributed by atoms with Crippen LogP contribution in [0.1, 0.15) is 31.6 Å². The minimum Gasteiger partial charge on any atom is -0.494 e. The first kappa shape index (κ1) is 22.9. The molecule has 3 atom stereocenters. The van der Waals surface area contributed by atoms with Gasteiger partial charge < -0.3 is 14.2 Å². The van der Waals surface area contributed by atoms with E-state index < -0.39 is 21.2 Å². The maximum Gasteiger partial charge on any atom is 0.239 e. The van der Waals surface area contributed by atoms with Gasteiger partial charge in [0.2, 0.25) is 16.0 Å². The normalized spacial score (nSPS) is 17.2. The number of sulfonamides is 1. The van der Waals surface area contributed by atoms with Crippen LogP contribution in [0, 0.1) is 0 Å². The summed E-state index contributed by atoms with van der Waals surface area (Å²) in [6, 6.07) is 7.09. The Morgan fingerprint density at radius 2 is 1.91 bits per heavy atom. The number of methoxy groups -OCH3 is 2. The van der Waals surface area contributed by atoms with Gasteiger partial charge in [0.05, 0.1) is 43.0 Å². The molecule has 3 aromatic rings. The van der Waals surface area contributed by atoms with Gasteiger partial charge in [-0.15, -0.1) is 10.2 Å². The summed E-state index contributed by atoms with van der Waals surface area (Å²) in [4.78, 5) is 8.46. The minimum atomic E-state index is -3.87. The van der Waals surface area contributed by atoms with Crippen molar-refractivity contribution in [3.8, 4) is 22.9 Å². The highest BCUT2D eigenvalue weighted by Gasteiger charge is 2.33. The standard InChI is InChI=1S/C21H26N6O5S/c1-13(19-22-9-16(31-4)10-23-19)14(2)33(28,29)26-21-25-24-20-17-7-5-6-8-18(17)32-12-15(11-30-3)27(20)21/h5-10,13-15H,11-12H2,1-4H3,(H,25,26)/t13-,14-,15-/m0/s1. The molecule has 0 unspecified atom stereocenters. The highest BCUT2D eigenvalue weighted by Crippen LogP contribution is 2.36. The van der Waals surface area contributed by atoms with E-state index in [1.54, 1.807) is 25.5 Å². The first-order valence-corrected chi connectivity index (χ1v) is 11.9. The summed E-state index contributed by atoms with van der Waals surface area (Å²) < 4.78 is 47.2. The number of ether oxygens (including phenoxy) is 3. The number of fused-ring (bicyclic) bond motifs is 3. The Morgan fingerprint density at radius 3 is 2.61 bits per heavy atom. The van der Waals surface area contributed by atoms with Crippen molar-refractivity contribution in [3.05, 3.63) is 42.5 Å². The van der Waals surface area contributed by atoms with E-state index in [1.165, 1.54) is 19.5 Å². The average molecular weight is 475 g/mol. The molecule has 2 aromatic heterocycles. The average Bonchev–Trinajstić information content (AvgIpc) is 3.16. The van der Waals surface area contributed by atoms with Crippen molar-refractivity contribution < 1.29 is 22.6 Å². The van der Waals surface area contributed by atoms with Crippen LogP contribution >= 0.6 is 0 Å². The van der Waals surface area contributed by atoms with Crippen LogP contribution in [0.2, 0.25) is 0 Å². The van der Waals surface area contributed by atoms with Crippen molar-refractivity contribution in [1.82, 2.24) is 24.7 Å². The molecule has 1 aromatic carbocycles. The first-order chi connectivity index (χ1) is 15.9. The molecule has 12 heteroatoms. The van der Waals surface area contributed by atoms with Gasteiger partial charge in [-0.25, -0.2) is 18.4 Å². The van der Waals surface area contributed by atoms with E-state index in [9.17, 15) is 8.42 Å². The van der Waals surface area contributed by atoms with Crippen molar-refractivity contribution in [1.29, 1.82) is 0 Å². The van der Waals surface area contributed by atoms with Gasteiger partial charge in [0.25, 0.3) is 0 Å². The van der Waals surface area contributed by atoms with Crippen molar-refractivity contribution in [3.63, 3.8) is 0 Å². The maximum atomic E-state index is 13.3. The third-order valence-corrected chi connectivity index (χ3v) is 7.55. The number of para-hydroxylation sites is 1. The van der Waals surface area contributed by atoms with Crippen molar-refractivity contribution in [2.45, 2.75) is 31.1 Å². The summed E-state index contributed by atoms with van der Waals surface area (Å²) in [6.07, 6.45) is 3.02. The third kappa shape index (κ3) is 4.48. The lowest BCUT2D eigenvalue weighted by Gasteiger charge is -2.22. The molecule has 4 rings (SSSR count). The Labute approximate surface area is 192 Å². The van der Waals surface area contributed by atoms with Crippen molar-refractivity contribution in [2.75, 3.05) is 32.2 Å². The fourth-order valence-electron chi connectivity index (χ4n) is 3.61. The molecule has 0 saturated heterocycles. The number of hydrogen-bond donors (Lipinski definition) is 1. The van der Waals surface area contributed by atoms with Crippen LogP contribution < -0.4 is 14.2 Å². The fraction of sp³-hybridized carbons (Fsp3) is 0.429. The molecular formula is C21H26N6O5S. The Bertz CT molecular complexity index is 1210. The summed E-state index contributed by atoms with van der Waals surface area (Å²) in [5, 5.41) is 7.57. The topological polar surface area (TPSA) is 130 Å². The van der Waals surface area contributed by atoms with Crippen molar-refractivity contribution in [2.24, 2.45) is 0 Å². The monoisotopic (exact) mass is 474 g/mol. The zero-order chi connectivity index (χ0) is 23.6. The van der Waals surface area contributed by atoms with Gasteiger partial charge >= 0.3 is 0 Å². The van der Waals surface area contributed by atoms with Gasteiger partial charge in [0.1, 0.15) is 18.2 Å². The molecule has 33 heavy (non-hydrogen) atoms. The van der Waals surface area contributed by atoms with Gasteiger partial charge in [0.15, 0.2) is 11.6 Å². The van der Waals surface area contributed by atoms with Crippen LogP contribution in [0.25, 0.3) is 11.4 Å². The molecule has 0 saturated carbocycles. The second kappa shape index (κ2) is 9.32. The maximum absolute atomic E-state index is 13.3. The SMILES string of the molecule is COC[C@H]1COc2ccccc2-c2nnc(NS(=O)(=O)[C@@H](C)[C@H](C)c3ncc(OC)cn3)n21. The molecule has 0 spiro atoms. The zero-order valence-corrected chi connectivity index (χ0v) is 19.6. The van der Waals surface area contributed by atoms with E-state index in [2.05, 4.69) is 24.9 Å². The highest BCUT2D eigenvalue weighted by atomic mass is 32.2. The number of benzene rings is 1. The molecular weight excluding hydrogens is 448 g/mol. The van der Waals surface area contributed by atoms with Gasteiger partial charge in [-0.2, -0.15) is 0 Å². The molecule has 0 radical (unpaired) electrons. The predicted octanol–water partition coefficient (Wildman–Crippen LogP) is 2.26. The second-order valence-corrected chi connectivity index (χ2v) is 9.79. The predicted molar refractivity (Wildman–Crippen MR) is 121 cm³/mol. The highest BCUT2D eigenvalue weighted by molar-refractivity contribution is 7.93. The molecule has 0 aliphatic carbocycles. The molecule has 0 amide bonds. The first-order valence-electron chi connectivity index (χ1n) is 10.4. The molecule has 11 nitrogen and oxygen atoms in total. The summed E-state index contributed by atoms with van der Waals surface area (Å²) in [7, 11) is -0.785. The Balaban J connectivity index is 1.65. The Kier molecular flexibility index (Phi) is 6.47. The fourth-order valence-corrected chi connectivity index (χ4v) is 4.85. The number of hydrogen-bond acceptors (Lipinski definition) is 9. The number of aromatic nitrogens is 5. The van der Waals surface area contributed by atoms with Gasteiger partial charge in [0, 0.05) is 13.0 Å². The largest absolute Gasteiger partial charge is 0.494 e. The summed E-state index contributed by atoms with van der Waals surface area (Å²) >= 11 is 0. The van der Waals surface area contributed by atoms with Gasteiger partial charge in [-0.05, 0) is 19.1 Å². The van der Waals surface area contributed by atoms with Crippen LogP contribution in [0.3, 0.4) is 0 Å². The number of nitrogens with one attached hydrogen (secondary N) is 1. The lowest BCUT2D eigenvalue weighted by Crippen LogP contribution is -2.32. The summed E-state index contributed by atoms with van der Waals surface area (Å²) in [6.45, 7) is 3.93. The number of anilines is 1. The molecule has 0 fully saturated rings. The van der Waals surface area contributed by atoms with Crippen molar-refractivity contribution >= 4 is 16.0 Å².